The van der Waals surface area contributed by atoms with Gasteiger partial charge in [0.25, 0.3) is 5.91 Å². The minimum atomic E-state index is -0.416. The van der Waals surface area contributed by atoms with Crippen molar-refractivity contribution >= 4 is 23.2 Å². The molecule has 0 atom stereocenters. The minimum Gasteiger partial charge on any atom is -0.397 e. The summed E-state index contributed by atoms with van der Waals surface area (Å²) in [6.45, 7) is 4.85. The molecule has 0 spiro atoms. The maximum atomic E-state index is 11.5. The molecule has 110 valence electrons. The van der Waals surface area contributed by atoms with E-state index in [1.807, 2.05) is 18.7 Å². The number of hydrogen-bond acceptors (Lipinski definition) is 4. The van der Waals surface area contributed by atoms with Crippen LogP contribution in [0.1, 0.15) is 24.2 Å². The summed E-state index contributed by atoms with van der Waals surface area (Å²) in [5.74, 6) is -0.263. The standard InChI is InChI=1S/C14H22N4O2/c1-9(2)7-18(8-13(16)19)12-5-4-10(6-11(12)15)14(20)17-3/h4-6,9H,7-8,15H2,1-3H3,(H2,16,19)(H,17,20). The average Bonchev–Trinajstić information content (AvgIpc) is 2.35. The van der Waals surface area contributed by atoms with Gasteiger partial charge in [0.15, 0.2) is 0 Å². The van der Waals surface area contributed by atoms with E-state index in [0.717, 1.165) is 0 Å². The van der Waals surface area contributed by atoms with Crippen molar-refractivity contribution in [1.82, 2.24) is 5.32 Å². The van der Waals surface area contributed by atoms with Gasteiger partial charge in [-0.1, -0.05) is 13.8 Å². The van der Waals surface area contributed by atoms with Gasteiger partial charge in [-0.2, -0.15) is 0 Å². The van der Waals surface area contributed by atoms with Gasteiger partial charge in [-0.3, -0.25) is 9.59 Å². The molecule has 0 aliphatic rings. The number of primary amides is 1. The molecule has 6 nitrogen and oxygen atoms in total. The smallest absolute Gasteiger partial charge is 0.251 e. The maximum Gasteiger partial charge on any atom is 0.251 e. The van der Waals surface area contributed by atoms with Crippen molar-refractivity contribution in [3.8, 4) is 0 Å². The topological polar surface area (TPSA) is 101 Å². The van der Waals surface area contributed by atoms with E-state index in [1.165, 1.54) is 0 Å². The van der Waals surface area contributed by atoms with Crippen LogP contribution >= 0.6 is 0 Å². The van der Waals surface area contributed by atoms with E-state index in [9.17, 15) is 9.59 Å². The normalized spacial score (nSPS) is 10.4. The van der Waals surface area contributed by atoms with E-state index in [4.69, 9.17) is 11.5 Å². The third-order valence-electron chi connectivity index (χ3n) is 2.79. The van der Waals surface area contributed by atoms with E-state index in [1.54, 1.807) is 25.2 Å². The van der Waals surface area contributed by atoms with Crippen LogP contribution in [0.15, 0.2) is 18.2 Å². The highest BCUT2D eigenvalue weighted by Crippen LogP contribution is 2.25. The third-order valence-corrected chi connectivity index (χ3v) is 2.79. The number of nitrogens with one attached hydrogen (secondary N) is 1. The zero-order valence-electron chi connectivity index (χ0n) is 12.1. The highest BCUT2D eigenvalue weighted by Gasteiger charge is 2.15. The molecular formula is C14H22N4O2. The second-order valence-corrected chi connectivity index (χ2v) is 5.09. The first-order chi connectivity index (χ1) is 9.35. The fourth-order valence-corrected chi connectivity index (χ4v) is 2.01. The molecule has 5 N–H and O–H groups in total. The second kappa shape index (κ2) is 6.79. The lowest BCUT2D eigenvalue weighted by Crippen LogP contribution is -2.36. The van der Waals surface area contributed by atoms with Gasteiger partial charge in [0.1, 0.15) is 0 Å². The lowest BCUT2D eigenvalue weighted by molar-refractivity contribution is -0.116. The predicted octanol–water partition coefficient (Wildman–Crippen LogP) is 0.576. The lowest BCUT2D eigenvalue weighted by atomic mass is 10.1. The van der Waals surface area contributed by atoms with Crippen LogP contribution in [-0.4, -0.2) is 32.0 Å². The molecule has 6 heteroatoms. The number of nitrogen functional groups attached to an aromatic ring is 1. The lowest BCUT2D eigenvalue weighted by Gasteiger charge is -2.26. The van der Waals surface area contributed by atoms with Gasteiger partial charge in [-0.05, 0) is 24.1 Å². The summed E-state index contributed by atoms with van der Waals surface area (Å²) in [7, 11) is 1.56. The van der Waals surface area contributed by atoms with Crippen molar-refractivity contribution in [2.45, 2.75) is 13.8 Å². The van der Waals surface area contributed by atoms with Gasteiger partial charge in [-0.15, -0.1) is 0 Å². The average molecular weight is 278 g/mol. The summed E-state index contributed by atoms with van der Waals surface area (Å²) in [5, 5.41) is 2.54. The Kier molecular flexibility index (Phi) is 5.37. The highest BCUT2D eigenvalue weighted by molar-refractivity contribution is 5.96. The van der Waals surface area contributed by atoms with Crippen LogP contribution in [0.4, 0.5) is 11.4 Å². The van der Waals surface area contributed by atoms with Gasteiger partial charge in [-0.25, -0.2) is 0 Å². The van der Waals surface area contributed by atoms with Crippen molar-refractivity contribution < 1.29 is 9.59 Å². The van der Waals surface area contributed by atoms with Gasteiger partial charge in [0.2, 0.25) is 5.91 Å². The number of carbonyl (C=O) groups is 2. The van der Waals surface area contributed by atoms with Gasteiger partial charge >= 0.3 is 0 Å². The number of amides is 2. The largest absolute Gasteiger partial charge is 0.397 e. The van der Waals surface area contributed by atoms with Gasteiger partial charge < -0.3 is 21.7 Å². The number of hydrogen-bond donors (Lipinski definition) is 3. The number of nitrogens with zero attached hydrogens (tertiary/aromatic N) is 1. The van der Waals surface area contributed by atoms with Crippen LogP contribution in [0, 0.1) is 5.92 Å². The molecule has 2 amide bonds. The first-order valence-electron chi connectivity index (χ1n) is 6.50. The maximum absolute atomic E-state index is 11.5. The SMILES string of the molecule is CNC(=O)c1ccc(N(CC(N)=O)CC(C)C)c(N)c1. The quantitative estimate of drug-likeness (QED) is 0.662. The molecule has 0 unspecified atom stereocenters. The predicted molar refractivity (Wildman–Crippen MR) is 80.5 cm³/mol. The van der Waals surface area contributed by atoms with E-state index in [2.05, 4.69) is 5.32 Å². The zero-order chi connectivity index (χ0) is 15.3. The molecule has 0 saturated heterocycles. The van der Waals surface area contributed by atoms with Crippen molar-refractivity contribution in [3.05, 3.63) is 23.8 Å². The van der Waals surface area contributed by atoms with Crippen LogP contribution in [0.5, 0.6) is 0 Å². The zero-order valence-corrected chi connectivity index (χ0v) is 12.1. The third kappa shape index (κ3) is 4.15. The Morgan fingerprint density at radius 2 is 2.00 bits per heavy atom. The first-order valence-corrected chi connectivity index (χ1v) is 6.50. The van der Waals surface area contributed by atoms with Crippen LogP contribution in [0.25, 0.3) is 0 Å². The van der Waals surface area contributed by atoms with Crippen LogP contribution < -0.4 is 21.7 Å². The number of anilines is 2. The molecule has 0 fully saturated rings. The molecule has 1 aromatic carbocycles. The molecular weight excluding hydrogens is 256 g/mol. The number of carbonyl (C=O) groups excluding carboxylic acids is 2. The molecule has 0 saturated carbocycles. The fourth-order valence-electron chi connectivity index (χ4n) is 2.01. The molecule has 20 heavy (non-hydrogen) atoms. The Labute approximate surface area is 119 Å². The number of nitrogens with two attached hydrogens (primary N) is 2. The molecule has 1 rings (SSSR count). The molecule has 0 aliphatic heterocycles. The van der Waals surface area contributed by atoms with E-state index < -0.39 is 5.91 Å². The highest BCUT2D eigenvalue weighted by atomic mass is 16.2. The van der Waals surface area contributed by atoms with Crippen molar-refractivity contribution in [3.63, 3.8) is 0 Å². The number of benzene rings is 1. The Hall–Kier alpha value is -2.24. The van der Waals surface area contributed by atoms with Crippen molar-refractivity contribution in [2.75, 3.05) is 30.8 Å². The molecule has 0 bridgehead atoms. The summed E-state index contributed by atoms with van der Waals surface area (Å²) in [5.41, 5.74) is 12.9. The second-order valence-electron chi connectivity index (χ2n) is 5.09. The number of rotatable bonds is 6. The van der Waals surface area contributed by atoms with Crippen LogP contribution in [0.2, 0.25) is 0 Å². The summed E-state index contributed by atoms with van der Waals surface area (Å²) in [6.07, 6.45) is 0. The van der Waals surface area contributed by atoms with E-state index in [0.29, 0.717) is 29.4 Å². The van der Waals surface area contributed by atoms with Crippen LogP contribution in [0.3, 0.4) is 0 Å². The van der Waals surface area contributed by atoms with Gasteiger partial charge in [0, 0.05) is 19.2 Å². The van der Waals surface area contributed by atoms with Crippen LogP contribution in [-0.2, 0) is 4.79 Å². The summed E-state index contributed by atoms with van der Waals surface area (Å²) >= 11 is 0. The molecule has 0 aromatic heterocycles. The summed E-state index contributed by atoms with van der Waals surface area (Å²) in [4.78, 5) is 24.6. The first kappa shape index (κ1) is 15.8. The molecule has 0 heterocycles. The molecule has 0 aliphatic carbocycles. The minimum absolute atomic E-state index is 0.0989. The molecule has 1 aromatic rings. The monoisotopic (exact) mass is 278 g/mol. The Balaban J connectivity index is 3.07. The Morgan fingerprint density at radius 1 is 1.35 bits per heavy atom. The summed E-state index contributed by atoms with van der Waals surface area (Å²) in [6, 6.07) is 5.02. The Bertz CT molecular complexity index is 500. The van der Waals surface area contributed by atoms with Crippen molar-refractivity contribution in [2.24, 2.45) is 11.7 Å². The van der Waals surface area contributed by atoms with Gasteiger partial charge in [0.05, 0.1) is 17.9 Å². The fraction of sp³-hybridized carbons (Fsp3) is 0.429. The molecule has 0 radical (unpaired) electrons. The summed E-state index contributed by atoms with van der Waals surface area (Å²) < 4.78 is 0. The van der Waals surface area contributed by atoms with E-state index in [-0.39, 0.29) is 12.5 Å². The Morgan fingerprint density at radius 3 is 2.45 bits per heavy atom. The van der Waals surface area contributed by atoms with E-state index >= 15 is 0 Å². The van der Waals surface area contributed by atoms with Crippen molar-refractivity contribution in [1.29, 1.82) is 0 Å².